The Balaban J connectivity index is 1.23. The minimum atomic E-state index is -0.306. The average molecular weight is 475 g/mol. The Morgan fingerprint density at radius 1 is 1.09 bits per heavy atom. The molecule has 1 aliphatic carbocycles. The van der Waals surface area contributed by atoms with Crippen LogP contribution in [0.15, 0.2) is 67.0 Å². The molecule has 2 aromatic heterocycles. The van der Waals surface area contributed by atoms with E-state index in [0.717, 1.165) is 29.7 Å². The first-order chi connectivity index (χ1) is 16.4. The first-order valence-corrected chi connectivity index (χ1v) is 11.4. The summed E-state index contributed by atoms with van der Waals surface area (Å²) in [4.78, 5) is 29.6. The highest BCUT2D eigenvalue weighted by atomic mass is 35.5. The van der Waals surface area contributed by atoms with Crippen LogP contribution in [-0.4, -0.2) is 27.2 Å². The third kappa shape index (κ3) is 5.05. The van der Waals surface area contributed by atoms with Crippen LogP contribution in [0.4, 0.5) is 5.69 Å². The number of carbonyl (C=O) groups is 2. The lowest BCUT2D eigenvalue weighted by molar-refractivity contribution is 0.0950. The van der Waals surface area contributed by atoms with Crippen molar-refractivity contribution in [1.82, 2.24) is 14.7 Å². The van der Waals surface area contributed by atoms with Crippen molar-refractivity contribution in [2.45, 2.75) is 32.4 Å². The van der Waals surface area contributed by atoms with Crippen molar-refractivity contribution >= 4 is 34.7 Å². The van der Waals surface area contributed by atoms with Crippen LogP contribution in [-0.2, 0) is 6.61 Å². The van der Waals surface area contributed by atoms with Crippen LogP contribution in [0, 0.1) is 6.92 Å². The van der Waals surface area contributed by atoms with Gasteiger partial charge >= 0.3 is 0 Å². The smallest absolute Gasteiger partial charge is 0.255 e. The van der Waals surface area contributed by atoms with Gasteiger partial charge in [-0.1, -0.05) is 23.7 Å². The van der Waals surface area contributed by atoms with Crippen LogP contribution in [0.1, 0.15) is 44.8 Å². The number of nitrogens with one attached hydrogen (secondary N) is 2. The lowest BCUT2D eigenvalue weighted by Gasteiger charge is -2.10. The van der Waals surface area contributed by atoms with Gasteiger partial charge in [-0.25, -0.2) is 4.98 Å². The monoisotopic (exact) mass is 474 g/mol. The summed E-state index contributed by atoms with van der Waals surface area (Å²) in [6, 6.07) is 16.0. The zero-order valence-corrected chi connectivity index (χ0v) is 19.3. The second-order valence-electron chi connectivity index (χ2n) is 8.42. The van der Waals surface area contributed by atoms with Gasteiger partial charge in [-0.05, 0) is 67.8 Å². The largest absolute Gasteiger partial charge is 0.487 e. The number of benzene rings is 2. The summed E-state index contributed by atoms with van der Waals surface area (Å²) in [5, 5.41) is 6.01. The first-order valence-electron chi connectivity index (χ1n) is 11.0. The van der Waals surface area contributed by atoms with Gasteiger partial charge in [0.05, 0.1) is 16.3 Å². The quantitative estimate of drug-likeness (QED) is 0.394. The topological polar surface area (TPSA) is 84.7 Å². The maximum absolute atomic E-state index is 12.8. The number of imidazole rings is 1. The van der Waals surface area contributed by atoms with Crippen LogP contribution in [0.2, 0.25) is 5.02 Å². The number of nitrogens with zero attached hydrogens (tertiary/aromatic N) is 2. The van der Waals surface area contributed by atoms with Crippen LogP contribution in [0.25, 0.3) is 5.65 Å². The van der Waals surface area contributed by atoms with Gasteiger partial charge < -0.3 is 19.8 Å². The molecular formula is C26H23ClN4O3. The molecule has 0 radical (unpaired) electrons. The summed E-state index contributed by atoms with van der Waals surface area (Å²) in [5.41, 5.74) is 4.13. The van der Waals surface area contributed by atoms with Gasteiger partial charge in [0, 0.05) is 29.7 Å². The van der Waals surface area contributed by atoms with Crippen molar-refractivity contribution in [3.63, 3.8) is 0 Å². The van der Waals surface area contributed by atoms with Crippen LogP contribution < -0.4 is 15.4 Å². The number of aromatic nitrogens is 2. The summed E-state index contributed by atoms with van der Waals surface area (Å²) < 4.78 is 7.83. The molecule has 8 heteroatoms. The molecule has 0 bridgehead atoms. The SMILES string of the molecule is Cc1ccc2nc(COc3cccc(C(=O)Nc4ccc(C(=O)NC5CC5)c(Cl)c4)c3)cn2c1. The molecule has 7 nitrogen and oxygen atoms in total. The Kier molecular flexibility index (Phi) is 5.94. The molecule has 1 aliphatic rings. The predicted octanol–water partition coefficient (Wildman–Crippen LogP) is 5.02. The summed E-state index contributed by atoms with van der Waals surface area (Å²) >= 11 is 6.28. The Morgan fingerprint density at radius 3 is 2.74 bits per heavy atom. The van der Waals surface area contributed by atoms with Crippen LogP contribution >= 0.6 is 11.6 Å². The van der Waals surface area contributed by atoms with Gasteiger partial charge in [0.15, 0.2) is 0 Å². The van der Waals surface area contributed by atoms with Crippen molar-refractivity contribution in [3.05, 3.63) is 94.4 Å². The number of hydrogen-bond acceptors (Lipinski definition) is 4. The zero-order valence-electron chi connectivity index (χ0n) is 18.5. The number of aryl methyl sites for hydroxylation is 1. The van der Waals surface area contributed by atoms with Crippen molar-refractivity contribution in [2.75, 3.05) is 5.32 Å². The number of pyridine rings is 1. The Labute approximate surface area is 201 Å². The first kappa shape index (κ1) is 22.0. The summed E-state index contributed by atoms with van der Waals surface area (Å²) in [6.45, 7) is 2.31. The molecule has 4 aromatic rings. The standard InChI is InChI=1S/C26H23ClN4O3/c1-16-5-10-24-28-20(14-31(24)13-16)15-34-21-4-2-3-17(11-21)25(32)30-19-8-9-22(23(27)12-19)26(33)29-18-6-7-18/h2-5,8-14,18H,6-7,15H2,1H3,(H,29,33)(H,30,32). The minimum absolute atomic E-state index is 0.198. The van der Waals surface area contributed by atoms with E-state index in [-0.39, 0.29) is 29.5 Å². The fraction of sp³-hybridized carbons (Fsp3) is 0.192. The number of ether oxygens (including phenoxy) is 1. The number of amides is 2. The highest BCUT2D eigenvalue weighted by Gasteiger charge is 2.24. The summed E-state index contributed by atoms with van der Waals surface area (Å²) in [6.07, 6.45) is 5.93. The van der Waals surface area contributed by atoms with Gasteiger partial charge in [-0.15, -0.1) is 0 Å². The molecular weight excluding hydrogens is 452 g/mol. The zero-order chi connectivity index (χ0) is 23.7. The molecule has 2 aromatic carbocycles. The number of carbonyl (C=O) groups excluding carboxylic acids is 2. The molecule has 0 aliphatic heterocycles. The van der Waals surface area contributed by atoms with Gasteiger partial charge in [0.25, 0.3) is 11.8 Å². The number of halogens is 1. The maximum atomic E-state index is 12.8. The van der Waals surface area contributed by atoms with E-state index in [1.165, 1.54) is 0 Å². The molecule has 34 heavy (non-hydrogen) atoms. The average Bonchev–Trinajstić information content (AvgIpc) is 3.54. The maximum Gasteiger partial charge on any atom is 0.255 e. The molecule has 2 N–H and O–H groups in total. The number of hydrogen-bond donors (Lipinski definition) is 2. The van der Waals surface area contributed by atoms with Gasteiger partial charge in [0.1, 0.15) is 18.0 Å². The molecule has 0 unspecified atom stereocenters. The van der Waals surface area contributed by atoms with Crippen molar-refractivity contribution in [2.24, 2.45) is 0 Å². The van der Waals surface area contributed by atoms with E-state index in [2.05, 4.69) is 15.6 Å². The third-order valence-electron chi connectivity index (χ3n) is 5.52. The second kappa shape index (κ2) is 9.19. The van der Waals surface area contributed by atoms with E-state index in [1.807, 2.05) is 35.9 Å². The highest BCUT2D eigenvalue weighted by molar-refractivity contribution is 6.34. The Hall–Kier alpha value is -3.84. The van der Waals surface area contributed by atoms with Gasteiger partial charge in [-0.3, -0.25) is 9.59 Å². The van der Waals surface area contributed by atoms with E-state index in [0.29, 0.717) is 22.6 Å². The Bertz CT molecular complexity index is 1390. The molecule has 1 fully saturated rings. The van der Waals surface area contributed by atoms with E-state index in [9.17, 15) is 9.59 Å². The minimum Gasteiger partial charge on any atom is -0.487 e. The molecule has 1 saturated carbocycles. The second-order valence-corrected chi connectivity index (χ2v) is 8.82. The molecule has 0 atom stereocenters. The fourth-order valence-corrected chi connectivity index (χ4v) is 3.85. The van der Waals surface area contributed by atoms with E-state index >= 15 is 0 Å². The molecule has 2 heterocycles. The highest BCUT2D eigenvalue weighted by Crippen LogP contribution is 2.25. The lowest BCUT2D eigenvalue weighted by Crippen LogP contribution is -2.25. The van der Waals surface area contributed by atoms with Gasteiger partial charge in [-0.2, -0.15) is 0 Å². The predicted molar refractivity (Wildman–Crippen MR) is 131 cm³/mol. The van der Waals surface area contributed by atoms with Crippen LogP contribution in [0.3, 0.4) is 0 Å². The van der Waals surface area contributed by atoms with Crippen molar-refractivity contribution in [3.8, 4) is 5.75 Å². The van der Waals surface area contributed by atoms with E-state index in [4.69, 9.17) is 16.3 Å². The number of fused-ring (bicyclic) bond motifs is 1. The third-order valence-corrected chi connectivity index (χ3v) is 5.83. The van der Waals surface area contributed by atoms with E-state index < -0.39 is 0 Å². The molecule has 2 amide bonds. The lowest BCUT2D eigenvalue weighted by atomic mass is 10.1. The number of rotatable bonds is 7. The van der Waals surface area contributed by atoms with Crippen molar-refractivity contribution in [1.29, 1.82) is 0 Å². The van der Waals surface area contributed by atoms with Gasteiger partial charge in [0.2, 0.25) is 0 Å². The van der Waals surface area contributed by atoms with Crippen molar-refractivity contribution < 1.29 is 14.3 Å². The summed E-state index contributed by atoms with van der Waals surface area (Å²) in [7, 11) is 0. The molecule has 0 spiro atoms. The van der Waals surface area contributed by atoms with E-state index in [1.54, 1.807) is 42.5 Å². The molecule has 172 valence electrons. The molecule has 0 saturated heterocycles. The Morgan fingerprint density at radius 2 is 1.94 bits per heavy atom. The fourth-order valence-electron chi connectivity index (χ4n) is 3.58. The number of anilines is 1. The normalized spacial score (nSPS) is 13.0. The van der Waals surface area contributed by atoms with Crippen LogP contribution in [0.5, 0.6) is 5.75 Å². The molecule has 5 rings (SSSR count). The summed E-state index contributed by atoms with van der Waals surface area (Å²) in [5.74, 6) is 0.0573.